The third-order valence-corrected chi connectivity index (χ3v) is 3.24. The molecule has 1 aliphatic rings. The molecule has 0 saturated carbocycles. The second-order valence-corrected chi connectivity index (χ2v) is 4.57. The van der Waals surface area contributed by atoms with Gasteiger partial charge in [-0.2, -0.15) is 0 Å². The molecule has 2 unspecified atom stereocenters. The van der Waals surface area contributed by atoms with Gasteiger partial charge in [-0.1, -0.05) is 42.5 Å². The minimum atomic E-state index is 0.303. The molecule has 1 aliphatic carbocycles. The molecular weight excluding hydrogens is 210 g/mol. The SMILES string of the molecule is COCC(NC1CC=CCC1)c1ccccc1. The second-order valence-electron chi connectivity index (χ2n) is 4.57. The Bertz CT molecular complexity index is 347. The Morgan fingerprint density at radius 3 is 2.76 bits per heavy atom. The molecule has 17 heavy (non-hydrogen) atoms. The summed E-state index contributed by atoms with van der Waals surface area (Å²) in [6.45, 7) is 0.726. The first-order valence-electron chi connectivity index (χ1n) is 6.35. The lowest BCUT2D eigenvalue weighted by molar-refractivity contribution is 0.159. The molecule has 1 N–H and O–H groups in total. The van der Waals surface area contributed by atoms with Gasteiger partial charge in [0.25, 0.3) is 0 Å². The Hall–Kier alpha value is -1.12. The standard InChI is InChI=1S/C15H21NO/c1-17-12-15(13-8-4-2-5-9-13)16-14-10-6-3-7-11-14/h2-6,8-9,14-16H,7,10-12H2,1H3. The molecule has 0 saturated heterocycles. The van der Waals surface area contributed by atoms with Crippen molar-refractivity contribution >= 4 is 0 Å². The van der Waals surface area contributed by atoms with Gasteiger partial charge in [0, 0.05) is 13.2 Å². The van der Waals surface area contributed by atoms with Crippen LogP contribution in [-0.4, -0.2) is 19.8 Å². The predicted octanol–water partition coefficient (Wildman–Crippen LogP) is 3.07. The molecule has 2 nitrogen and oxygen atoms in total. The van der Waals surface area contributed by atoms with Crippen LogP contribution in [0.2, 0.25) is 0 Å². The van der Waals surface area contributed by atoms with Crippen molar-refractivity contribution in [2.45, 2.75) is 31.3 Å². The highest BCUT2D eigenvalue weighted by atomic mass is 16.5. The summed E-state index contributed by atoms with van der Waals surface area (Å²) in [5.74, 6) is 0. The molecule has 0 spiro atoms. The van der Waals surface area contributed by atoms with Crippen LogP contribution in [0.1, 0.15) is 30.9 Å². The summed E-state index contributed by atoms with van der Waals surface area (Å²) >= 11 is 0. The van der Waals surface area contributed by atoms with Crippen LogP contribution in [0.5, 0.6) is 0 Å². The molecule has 1 aromatic rings. The zero-order chi connectivity index (χ0) is 11.9. The van der Waals surface area contributed by atoms with Crippen molar-refractivity contribution in [1.82, 2.24) is 5.32 Å². The van der Waals surface area contributed by atoms with Crippen LogP contribution in [0.15, 0.2) is 42.5 Å². The first-order valence-corrected chi connectivity index (χ1v) is 6.35. The van der Waals surface area contributed by atoms with E-state index in [0.29, 0.717) is 12.1 Å². The van der Waals surface area contributed by atoms with E-state index in [0.717, 1.165) is 13.0 Å². The van der Waals surface area contributed by atoms with Crippen molar-refractivity contribution < 1.29 is 4.74 Å². The van der Waals surface area contributed by atoms with Crippen molar-refractivity contribution in [3.63, 3.8) is 0 Å². The molecule has 1 aromatic carbocycles. The minimum absolute atomic E-state index is 0.303. The fourth-order valence-electron chi connectivity index (χ4n) is 2.32. The van der Waals surface area contributed by atoms with Gasteiger partial charge in [-0.3, -0.25) is 0 Å². The van der Waals surface area contributed by atoms with E-state index in [-0.39, 0.29) is 0 Å². The van der Waals surface area contributed by atoms with E-state index in [4.69, 9.17) is 4.74 Å². The second kappa shape index (κ2) is 6.58. The lowest BCUT2D eigenvalue weighted by Gasteiger charge is -2.26. The van der Waals surface area contributed by atoms with E-state index < -0.39 is 0 Å². The fraction of sp³-hybridized carbons (Fsp3) is 0.467. The van der Waals surface area contributed by atoms with Gasteiger partial charge in [0.2, 0.25) is 0 Å². The van der Waals surface area contributed by atoms with Crippen LogP contribution in [0.3, 0.4) is 0 Å². The van der Waals surface area contributed by atoms with E-state index in [1.54, 1.807) is 7.11 Å². The zero-order valence-corrected chi connectivity index (χ0v) is 10.4. The molecule has 92 valence electrons. The number of rotatable bonds is 5. The average molecular weight is 231 g/mol. The summed E-state index contributed by atoms with van der Waals surface area (Å²) in [5, 5.41) is 3.70. The molecule has 0 fully saturated rings. The number of benzene rings is 1. The molecule has 2 rings (SSSR count). The van der Waals surface area contributed by atoms with Crippen molar-refractivity contribution in [2.24, 2.45) is 0 Å². The largest absolute Gasteiger partial charge is 0.383 e. The van der Waals surface area contributed by atoms with E-state index in [1.807, 2.05) is 0 Å². The van der Waals surface area contributed by atoms with Crippen LogP contribution >= 0.6 is 0 Å². The van der Waals surface area contributed by atoms with Gasteiger partial charge in [0.05, 0.1) is 12.6 Å². The highest BCUT2D eigenvalue weighted by Crippen LogP contribution is 2.18. The number of hydrogen-bond acceptors (Lipinski definition) is 2. The molecular formula is C15H21NO. The van der Waals surface area contributed by atoms with Gasteiger partial charge in [-0.25, -0.2) is 0 Å². The fourth-order valence-corrected chi connectivity index (χ4v) is 2.32. The zero-order valence-electron chi connectivity index (χ0n) is 10.4. The topological polar surface area (TPSA) is 21.3 Å². The number of nitrogens with one attached hydrogen (secondary N) is 1. The van der Waals surface area contributed by atoms with Crippen molar-refractivity contribution in [2.75, 3.05) is 13.7 Å². The summed E-state index contributed by atoms with van der Waals surface area (Å²) in [5.41, 5.74) is 1.31. The van der Waals surface area contributed by atoms with Gasteiger partial charge in [-0.15, -0.1) is 0 Å². The highest BCUT2D eigenvalue weighted by molar-refractivity contribution is 5.19. The maximum Gasteiger partial charge on any atom is 0.0657 e. The molecule has 0 heterocycles. The summed E-state index contributed by atoms with van der Waals surface area (Å²) in [6.07, 6.45) is 8.09. The smallest absolute Gasteiger partial charge is 0.0657 e. The number of ether oxygens (including phenoxy) is 1. The average Bonchev–Trinajstić information content (AvgIpc) is 2.40. The monoisotopic (exact) mass is 231 g/mol. The predicted molar refractivity (Wildman–Crippen MR) is 71.0 cm³/mol. The molecule has 0 amide bonds. The van der Waals surface area contributed by atoms with Crippen LogP contribution in [-0.2, 0) is 4.74 Å². The van der Waals surface area contributed by atoms with E-state index in [9.17, 15) is 0 Å². The normalized spacial score (nSPS) is 21.4. The summed E-state index contributed by atoms with van der Waals surface area (Å²) in [6, 6.07) is 11.4. The highest BCUT2D eigenvalue weighted by Gasteiger charge is 2.16. The lowest BCUT2D eigenvalue weighted by atomic mass is 9.99. The molecule has 2 atom stereocenters. The van der Waals surface area contributed by atoms with Crippen LogP contribution < -0.4 is 5.32 Å². The van der Waals surface area contributed by atoms with Crippen LogP contribution in [0, 0.1) is 0 Å². The third-order valence-electron chi connectivity index (χ3n) is 3.24. The van der Waals surface area contributed by atoms with E-state index in [2.05, 4.69) is 47.8 Å². The van der Waals surface area contributed by atoms with Gasteiger partial charge < -0.3 is 10.1 Å². The van der Waals surface area contributed by atoms with E-state index in [1.165, 1.54) is 18.4 Å². The first kappa shape index (κ1) is 12.3. The first-order chi connectivity index (χ1) is 8.40. The van der Waals surface area contributed by atoms with Crippen LogP contribution in [0.25, 0.3) is 0 Å². The van der Waals surface area contributed by atoms with Gasteiger partial charge in [0.1, 0.15) is 0 Å². The summed E-state index contributed by atoms with van der Waals surface area (Å²) in [7, 11) is 1.76. The number of allylic oxidation sites excluding steroid dienone is 1. The van der Waals surface area contributed by atoms with Crippen molar-refractivity contribution in [3.05, 3.63) is 48.0 Å². The quantitative estimate of drug-likeness (QED) is 0.786. The minimum Gasteiger partial charge on any atom is -0.383 e. The van der Waals surface area contributed by atoms with E-state index >= 15 is 0 Å². The lowest BCUT2D eigenvalue weighted by Crippen LogP contribution is -2.35. The van der Waals surface area contributed by atoms with Gasteiger partial charge >= 0.3 is 0 Å². The molecule has 0 aromatic heterocycles. The van der Waals surface area contributed by atoms with Crippen LogP contribution in [0.4, 0.5) is 0 Å². The Morgan fingerprint density at radius 2 is 2.12 bits per heavy atom. The molecule has 0 aliphatic heterocycles. The summed E-state index contributed by atoms with van der Waals surface area (Å²) in [4.78, 5) is 0. The maximum atomic E-state index is 5.32. The van der Waals surface area contributed by atoms with Crippen molar-refractivity contribution in [3.8, 4) is 0 Å². The third kappa shape index (κ3) is 3.69. The Morgan fingerprint density at radius 1 is 1.29 bits per heavy atom. The number of methoxy groups -OCH3 is 1. The van der Waals surface area contributed by atoms with Gasteiger partial charge in [0.15, 0.2) is 0 Å². The molecule has 2 heteroatoms. The summed E-state index contributed by atoms with van der Waals surface area (Å²) < 4.78 is 5.32. The Kier molecular flexibility index (Phi) is 4.77. The van der Waals surface area contributed by atoms with Gasteiger partial charge in [-0.05, 0) is 24.8 Å². The maximum absolute atomic E-state index is 5.32. The molecule has 0 bridgehead atoms. The Balaban J connectivity index is 1.99. The molecule has 0 radical (unpaired) electrons. The van der Waals surface area contributed by atoms with Crippen molar-refractivity contribution in [1.29, 1.82) is 0 Å². The Labute approximate surface area is 104 Å². The number of hydrogen-bond donors (Lipinski definition) is 1.